The van der Waals surface area contributed by atoms with Crippen LogP contribution in [0.2, 0.25) is 0 Å². The minimum Gasteiger partial charge on any atom is -0.461 e. The zero-order valence-corrected chi connectivity index (χ0v) is 15.8. The summed E-state index contributed by atoms with van der Waals surface area (Å²) in [6, 6.07) is 14.7. The van der Waals surface area contributed by atoms with Crippen LogP contribution in [-0.2, 0) is 9.47 Å². The predicted octanol–water partition coefficient (Wildman–Crippen LogP) is 4.54. The average molecular weight is 370 g/mol. The molecule has 0 radical (unpaired) electrons. The minimum atomic E-state index is -0.314. The lowest BCUT2D eigenvalue weighted by atomic mass is 10.1. The Hall–Kier alpha value is -2.27. The maximum absolute atomic E-state index is 12.2. The highest BCUT2D eigenvalue weighted by molar-refractivity contribution is 8.00. The van der Waals surface area contributed by atoms with Crippen LogP contribution in [0.4, 0.5) is 0 Å². The van der Waals surface area contributed by atoms with Crippen LogP contribution in [0.3, 0.4) is 0 Å². The van der Waals surface area contributed by atoms with E-state index < -0.39 is 0 Å². The molecule has 1 saturated heterocycles. The molecule has 4 nitrogen and oxygen atoms in total. The molecule has 26 heavy (non-hydrogen) atoms. The van der Waals surface area contributed by atoms with Gasteiger partial charge in [0.25, 0.3) is 0 Å². The van der Waals surface area contributed by atoms with Gasteiger partial charge in [0, 0.05) is 5.25 Å². The number of hydrogen-bond donors (Lipinski definition) is 0. The van der Waals surface area contributed by atoms with E-state index in [0.29, 0.717) is 17.7 Å². The van der Waals surface area contributed by atoms with Gasteiger partial charge in [-0.05, 0) is 51.0 Å². The summed E-state index contributed by atoms with van der Waals surface area (Å²) in [5.74, 6) is -0.620. The molecule has 0 aliphatic carbocycles. The fraction of sp³-hybridized carbons (Fsp3) is 0.333. The summed E-state index contributed by atoms with van der Waals surface area (Å²) in [5.41, 5.74) is 3.14. The van der Waals surface area contributed by atoms with Crippen molar-refractivity contribution in [2.45, 2.75) is 37.4 Å². The number of thioether (sulfide) groups is 1. The minimum absolute atomic E-state index is 0.153. The molecule has 5 heteroatoms. The van der Waals surface area contributed by atoms with Crippen molar-refractivity contribution >= 4 is 23.7 Å². The maximum Gasteiger partial charge on any atom is 0.339 e. The van der Waals surface area contributed by atoms with Gasteiger partial charge in [0.2, 0.25) is 0 Å². The monoisotopic (exact) mass is 370 g/mol. The average Bonchev–Trinajstić information content (AvgIpc) is 3.08. The Morgan fingerprint density at radius 2 is 1.42 bits per heavy atom. The molecular weight excluding hydrogens is 348 g/mol. The zero-order valence-electron chi connectivity index (χ0n) is 14.9. The zero-order chi connectivity index (χ0) is 18.5. The van der Waals surface area contributed by atoms with E-state index in [1.165, 1.54) is 0 Å². The van der Waals surface area contributed by atoms with Crippen molar-refractivity contribution in [3.63, 3.8) is 0 Å². The van der Waals surface area contributed by atoms with Gasteiger partial charge in [0.1, 0.15) is 12.0 Å². The molecule has 0 spiro atoms. The second kappa shape index (κ2) is 8.41. The van der Waals surface area contributed by atoms with Crippen LogP contribution < -0.4 is 0 Å². The predicted molar refractivity (Wildman–Crippen MR) is 102 cm³/mol. The lowest BCUT2D eigenvalue weighted by Gasteiger charge is -2.13. The number of esters is 2. The first-order valence-electron chi connectivity index (χ1n) is 8.68. The molecule has 0 N–H and O–H groups in total. The maximum atomic E-state index is 12.2. The fourth-order valence-corrected chi connectivity index (χ4v) is 3.96. The van der Waals surface area contributed by atoms with E-state index >= 15 is 0 Å². The summed E-state index contributed by atoms with van der Waals surface area (Å²) >= 11 is 1.56. The van der Waals surface area contributed by atoms with Gasteiger partial charge in [-0.2, -0.15) is 0 Å². The summed E-state index contributed by atoms with van der Waals surface area (Å²) in [7, 11) is 0. The largest absolute Gasteiger partial charge is 0.461 e. The van der Waals surface area contributed by atoms with Gasteiger partial charge in [0.15, 0.2) is 0 Å². The first-order chi connectivity index (χ1) is 12.5. The molecule has 2 aromatic rings. The van der Waals surface area contributed by atoms with E-state index in [1.54, 1.807) is 36.0 Å². The van der Waals surface area contributed by atoms with Crippen LogP contribution in [0.1, 0.15) is 44.7 Å². The third-order valence-corrected chi connectivity index (χ3v) is 5.67. The highest BCUT2D eigenvalue weighted by Crippen LogP contribution is 2.35. The van der Waals surface area contributed by atoms with E-state index in [1.807, 2.05) is 38.1 Å². The van der Waals surface area contributed by atoms with Crippen LogP contribution >= 0.6 is 11.8 Å². The number of ether oxygens (including phenoxy) is 2. The van der Waals surface area contributed by atoms with Gasteiger partial charge in [-0.1, -0.05) is 35.4 Å². The molecule has 1 fully saturated rings. The highest BCUT2D eigenvalue weighted by Gasteiger charge is 2.29. The van der Waals surface area contributed by atoms with Crippen LogP contribution in [0.5, 0.6) is 0 Å². The molecule has 1 aliphatic heterocycles. The summed E-state index contributed by atoms with van der Waals surface area (Å²) in [6.45, 7) is 4.28. The Bertz CT molecular complexity index is 768. The topological polar surface area (TPSA) is 52.6 Å². The van der Waals surface area contributed by atoms with E-state index in [2.05, 4.69) is 0 Å². The van der Waals surface area contributed by atoms with E-state index in [9.17, 15) is 9.59 Å². The number of carbonyl (C=O) groups excluding carboxylic acids is 2. The number of hydrogen-bond acceptors (Lipinski definition) is 5. The molecule has 1 heterocycles. The second-order valence-electron chi connectivity index (χ2n) is 6.50. The van der Waals surface area contributed by atoms with Gasteiger partial charge in [-0.25, -0.2) is 9.59 Å². The number of aryl methyl sites for hydroxylation is 2. The fourth-order valence-electron chi connectivity index (χ4n) is 2.70. The van der Waals surface area contributed by atoms with Crippen LogP contribution in [0.15, 0.2) is 48.5 Å². The Balaban J connectivity index is 1.45. The normalized spacial score (nSPS) is 19.2. The highest BCUT2D eigenvalue weighted by atomic mass is 32.2. The number of carbonyl (C=O) groups is 2. The first kappa shape index (κ1) is 18.5. The molecule has 1 unspecified atom stereocenters. The molecule has 2 atom stereocenters. The van der Waals surface area contributed by atoms with Crippen molar-refractivity contribution in [2.75, 3.05) is 6.61 Å². The van der Waals surface area contributed by atoms with E-state index in [4.69, 9.17) is 9.47 Å². The smallest absolute Gasteiger partial charge is 0.339 e. The Kier molecular flexibility index (Phi) is 5.99. The third-order valence-electron chi connectivity index (χ3n) is 4.28. The standard InChI is InChI=1S/C21H22O4S/c1-14-3-7-16(8-4-14)20(22)24-13-18-11-12-19(26-18)25-21(23)17-9-5-15(2)6-10-17/h3-10,18-19H,11-13H2,1-2H3/t18-,19?/m1/s1. The first-order valence-corrected chi connectivity index (χ1v) is 9.62. The Morgan fingerprint density at radius 1 is 0.885 bits per heavy atom. The second-order valence-corrected chi connectivity index (χ2v) is 7.97. The molecule has 2 aromatic carbocycles. The van der Waals surface area contributed by atoms with Crippen molar-refractivity contribution in [2.24, 2.45) is 0 Å². The molecule has 3 rings (SSSR count). The van der Waals surface area contributed by atoms with Gasteiger partial charge >= 0.3 is 11.9 Å². The van der Waals surface area contributed by atoms with Crippen molar-refractivity contribution in [3.05, 3.63) is 70.8 Å². The van der Waals surface area contributed by atoms with Crippen molar-refractivity contribution in [1.82, 2.24) is 0 Å². The number of rotatable bonds is 5. The molecule has 0 aromatic heterocycles. The van der Waals surface area contributed by atoms with E-state index in [-0.39, 0.29) is 22.6 Å². The molecular formula is C21H22O4S. The lowest BCUT2D eigenvalue weighted by molar-refractivity contribution is 0.0456. The van der Waals surface area contributed by atoms with Crippen molar-refractivity contribution in [3.8, 4) is 0 Å². The Labute approximate surface area is 157 Å². The summed E-state index contributed by atoms with van der Waals surface area (Å²) in [5, 5.41) is 0.153. The summed E-state index contributed by atoms with van der Waals surface area (Å²) < 4.78 is 11.0. The number of benzene rings is 2. The van der Waals surface area contributed by atoms with Crippen LogP contribution in [0.25, 0.3) is 0 Å². The quantitative estimate of drug-likeness (QED) is 0.723. The van der Waals surface area contributed by atoms with Gasteiger partial charge in [-0.15, -0.1) is 11.8 Å². The molecule has 0 bridgehead atoms. The van der Waals surface area contributed by atoms with Crippen LogP contribution in [0, 0.1) is 13.8 Å². The van der Waals surface area contributed by atoms with Gasteiger partial charge in [-0.3, -0.25) is 0 Å². The van der Waals surface area contributed by atoms with Crippen LogP contribution in [-0.4, -0.2) is 29.2 Å². The summed E-state index contributed by atoms with van der Waals surface area (Å²) in [4.78, 5) is 24.2. The molecule has 0 amide bonds. The third kappa shape index (κ3) is 4.88. The SMILES string of the molecule is Cc1ccc(C(=O)OC[C@H]2CCC(OC(=O)c3ccc(C)cc3)S2)cc1. The Morgan fingerprint density at radius 3 is 2.00 bits per heavy atom. The molecule has 0 saturated carbocycles. The molecule has 1 aliphatic rings. The van der Waals surface area contributed by atoms with Gasteiger partial charge < -0.3 is 9.47 Å². The van der Waals surface area contributed by atoms with Crippen molar-refractivity contribution in [1.29, 1.82) is 0 Å². The van der Waals surface area contributed by atoms with Gasteiger partial charge in [0.05, 0.1) is 11.1 Å². The molecule has 136 valence electrons. The van der Waals surface area contributed by atoms with Crippen molar-refractivity contribution < 1.29 is 19.1 Å². The summed E-state index contributed by atoms with van der Waals surface area (Å²) in [6.07, 6.45) is 1.63. The lowest BCUT2D eigenvalue weighted by Crippen LogP contribution is -2.15. The van der Waals surface area contributed by atoms with E-state index in [0.717, 1.165) is 24.0 Å².